The van der Waals surface area contributed by atoms with Crippen molar-refractivity contribution in [2.75, 3.05) is 13.2 Å². The molecular weight excluding hydrogens is 272 g/mol. The summed E-state index contributed by atoms with van der Waals surface area (Å²) < 4.78 is 10.3. The van der Waals surface area contributed by atoms with Gasteiger partial charge >= 0.3 is 0 Å². The van der Waals surface area contributed by atoms with Gasteiger partial charge in [-0.15, -0.1) is 0 Å². The number of nitrogens with one attached hydrogen (secondary N) is 1. The standard InChI is InChI=1S/C15H20N2O4/c1-2-4-11(6-7-18)10-16-15(19)12-9-14(21-17-12)13-5-3-8-20-13/h3,5,8-9,11,18H,2,4,6-7,10H2,1H3,(H,16,19). The number of furan rings is 1. The number of carbonyl (C=O) groups excluding carboxylic acids is 1. The molecule has 0 spiro atoms. The Bertz CT molecular complexity index is 542. The summed E-state index contributed by atoms with van der Waals surface area (Å²) in [4.78, 5) is 12.0. The Labute approximate surface area is 123 Å². The molecular formula is C15H20N2O4. The summed E-state index contributed by atoms with van der Waals surface area (Å²) in [6.45, 7) is 2.74. The number of hydrogen-bond donors (Lipinski definition) is 2. The summed E-state index contributed by atoms with van der Waals surface area (Å²) in [6, 6.07) is 5.03. The molecule has 2 N–H and O–H groups in total. The first-order valence-corrected chi connectivity index (χ1v) is 7.14. The number of carbonyl (C=O) groups is 1. The lowest BCUT2D eigenvalue weighted by Crippen LogP contribution is -2.30. The van der Waals surface area contributed by atoms with E-state index < -0.39 is 0 Å². The lowest BCUT2D eigenvalue weighted by Gasteiger charge is -2.14. The molecule has 0 aromatic carbocycles. The van der Waals surface area contributed by atoms with Crippen LogP contribution in [0.4, 0.5) is 0 Å². The van der Waals surface area contributed by atoms with Crippen LogP contribution < -0.4 is 5.32 Å². The number of aromatic nitrogens is 1. The zero-order chi connectivity index (χ0) is 15.1. The van der Waals surface area contributed by atoms with Crippen LogP contribution >= 0.6 is 0 Å². The van der Waals surface area contributed by atoms with Gasteiger partial charge in [-0.2, -0.15) is 0 Å². The molecule has 1 atom stereocenters. The molecule has 0 aliphatic carbocycles. The van der Waals surface area contributed by atoms with Crippen LogP contribution in [0.5, 0.6) is 0 Å². The van der Waals surface area contributed by atoms with Crippen molar-refractivity contribution in [3.8, 4) is 11.5 Å². The highest BCUT2D eigenvalue weighted by Gasteiger charge is 2.16. The van der Waals surface area contributed by atoms with E-state index in [1.54, 1.807) is 18.2 Å². The van der Waals surface area contributed by atoms with E-state index in [-0.39, 0.29) is 24.1 Å². The van der Waals surface area contributed by atoms with E-state index >= 15 is 0 Å². The first kappa shape index (κ1) is 15.3. The first-order valence-electron chi connectivity index (χ1n) is 7.14. The minimum Gasteiger partial charge on any atom is -0.461 e. The molecule has 0 saturated heterocycles. The second-order valence-electron chi connectivity index (χ2n) is 4.93. The van der Waals surface area contributed by atoms with E-state index in [9.17, 15) is 4.79 Å². The smallest absolute Gasteiger partial charge is 0.273 e. The third-order valence-electron chi connectivity index (χ3n) is 3.29. The number of aliphatic hydroxyl groups excluding tert-OH is 1. The van der Waals surface area contributed by atoms with Crippen LogP contribution in [0.3, 0.4) is 0 Å². The first-order chi connectivity index (χ1) is 10.2. The fourth-order valence-corrected chi connectivity index (χ4v) is 2.18. The second kappa shape index (κ2) is 7.64. The van der Waals surface area contributed by atoms with Gasteiger partial charge in [-0.1, -0.05) is 18.5 Å². The van der Waals surface area contributed by atoms with Crippen LogP contribution in [-0.2, 0) is 0 Å². The highest BCUT2D eigenvalue weighted by atomic mass is 16.5. The topological polar surface area (TPSA) is 88.5 Å². The summed E-state index contributed by atoms with van der Waals surface area (Å²) in [6.07, 6.45) is 4.21. The molecule has 0 radical (unpaired) electrons. The third kappa shape index (κ3) is 4.19. The molecule has 6 heteroatoms. The molecule has 1 amide bonds. The highest BCUT2D eigenvalue weighted by molar-refractivity contribution is 5.92. The minimum absolute atomic E-state index is 0.132. The summed E-state index contributed by atoms with van der Waals surface area (Å²) in [5.41, 5.74) is 0.223. The van der Waals surface area contributed by atoms with Crippen molar-refractivity contribution >= 4 is 5.91 Å². The zero-order valence-electron chi connectivity index (χ0n) is 12.0. The maximum absolute atomic E-state index is 12.0. The summed E-state index contributed by atoms with van der Waals surface area (Å²) >= 11 is 0. The van der Waals surface area contributed by atoms with Crippen LogP contribution in [0.2, 0.25) is 0 Å². The summed E-state index contributed by atoms with van der Waals surface area (Å²) in [5, 5.41) is 15.6. The van der Waals surface area contributed by atoms with Gasteiger partial charge in [-0.3, -0.25) is 4.79 Å². The molecule has 21 heavy (non-hydrogen) atoms. The predicted molar refractivity (Wildman–Crippen MR) is 76.6 cm³/mol. The normalized spacial score (nSPS) is 12.3. The van der Waals surface area contributed by atoms with Crippen LogP contribution in [0.15, 0.2) is 33.4 Å². The Kier molecular flexibility index (Phi) is 5.57. The molecule has 1 unspecified atom stereocenters. The maximum atomic E-state index is 12.0. The van der Waals surface area contributed by atoms with Gasteiger partial charge < -0.3 is 19.4 Å². The molecule has 0 aliphatic heterocycles. The molecule has 0 saturated carbocycles. The predicted octanol–water partition coefficient (Wildman–Crippen LogP) is 2.46. The van der Waals surface area contributed by atoms with E-state index in [1.165, 1.54) is 6.26 Å². The van der Waals surface area contributed by atoms with Crippen molar-refractivity contribution < 1.29 is 18.8 Å². The summed E-state index contributed by atoms with van der Waals surface area (Å²) in [7, 11) is 0. The van der Waals surface area contributed by atoms with Crippen LogP contribution in [0, 0.1) is 5.92 Å². The second-order valence-corrected chi connectivity index (χ2v) is 4.93. The molecule has 6 nitrogen and oxygen atoms in total. The molecule has 2 heterocycles. The Morgan fingerprint density at radius 3 is 2.95 bits per heavy atom. The Morgan fingerprint density at radius 2 is 2.29 bits per heavy atom. The number of rotatable bonds is 8. The quantitative estimate of drug-likeness (QED) is 0.780. The average Bonchev–Trinajstić information content (AvgIpc) is 3.15. The SMILES string of the molecule is CCCC(CCO)CNC(=O)c1cc(-c2ccco2)on1. The number of hydrogen-bond acceptors (Lipinski definition) is 5. The molecule has 0 aliphatic rings. The number of amides is 1. The van der Waals surface area contributed by atoms with Gasteiger partial charge in [0.15, 0.2) is 11.5 Å². The summed E-state index contributed by atoms with van der Waals surface area (Å²) in [5.74, 6) is 0.951. The van der Waals surface area contributed by atoms with Gasteiger partial charge in [-0.05, 0) is 30.9 Å². The van der Waals surface area contributed by atoms with E-state index in [0.717, 1.165) is 12.8 Å². The fraction of sp³-hybridized carbons (Fsp3) is 0.467. The largest absolute Gasteiger partial charge is 0.461 e. The van der Waals surface area contributed by atoms with Gasteiger partial charge in [0.05, 0.1) is 6.26 Å². The van der Waals surface area contributed by atoms with Crippen LogP contribution in [-0.4, -0.2) is 29.3 Å². The van der Waals surface area contributed by atoms with Crippen molar-refractivity contribution in [1.29, 1.82) is 0 Å². The van der Waals surface area contributed by atoms with E-state index in [0.29, 0.717) is 24.5 Å². The van der Waals surface area contributed by atoms with Crippen LogP contribution in [0.1, 0.15) is 36.7 Å². The van der Waals surface area contributed by atoms with Crippen LogP contribution in [0.25, 0.3) is 11.5 Å². The van der Waals surface area contributed by atoms with E-state index in [2.05, 4.69) is 17.4 Å². The van der Waals surface area contributed by atoms with E-state index in [4.69, 9.17) is 14.0 Å². The fourth-order valence-electron chi connectivity index (χ4n) is 2.18. The van der Waals surface area contributed by atoms with E-state index in [1.807, 2.05) is 0 Å². The van der Waals surface area contributed by atoms with Gasteiger partial charge in [0.1, 0.15) is 0 Å². The molecule has 0 fully saturated rings. The lowest BCUT2D eigenvalue weighted by molar-refractivity contribution is 0.0934. The Balaban J connectivity index is 1.91. The minimum atomic E-state index is -0.282. The van der Waals surface area contributed by atoms with Gasteiger partial charge in [0.2, 0.25) is 5.76 Å². The van der Waals surface area contributed by atoms with Gasteiger partial charge in [0, 0.05) is 19.2 Å². The van der Waals surface area contributed by atoms with Crippen molar-refractivity contribution in [2.24, 2.45) is 5.92 Å². The number of nitrogens with zero attached hydrogens (tertiary/aromatic N) is 1. The monoisotopic (exact) mass is 292 g/mol. The van der Waals surface area contributed by atoms with Crippen molar-refractivity contribution in [3.63, 3.8) is 0 Å². The van der Waals surface area contributed by atoms with Gasteiger partial charge in [-0.25, -0.2) is 0 Å². The van der Waals surface area contributed by atoms with Crippen molar-refractivity contribution in [2.45, 2.75) is 26.2 Å². The average molecular weight is 292 g/mol. The number of aliphatic hydroxyl groups is 1. The Morgan fingerprint density at radius 1 is 1.43 bits per heavy atom. The maximum Gasteiger partial charge on any atom is 0.273 e. The lowest BCUT2D eigenvalue weighted by atomic mass is 10.0. The molecule has 2 aromatic heterocycles. The van der Waals surface area contributed by atoms with Crippen molar-refractivity contribution in [3.05, 3.63) is 30.2 Å². The zero-order valence-corrected chi connectivity index (χ0v) is 12.0. The highest BCUT2D eigenvalue weighted by Crippen LogP contribution is 2.20. The molecule has 114 valence electrons. The molecule has 2 aromatic rings. The molecule has 0 bridgehead atoms. The van der Waals surface area contributed by atoms with Gasteiger partial charge in [0.25, 0.3) is 5.91 Å². The third-order valence-corrected chi connectivity index (χ3v) is 3.29. The van der Waals surface area contributed by atoms with Crippen molar-refractivity contribution in [1.82, 2.24) is 10.5 Å². The Hall–Kier alpha value is -2.08. The molecule has 2 rings (SSSR count).